The number of methoxy groups -OCH3 is 1. The van der Waals surface area contributed by atoms with Gasteiger partial charge < -0.3 is 10.1 Å². The zero-order chi connectivity index (χ0) is 14.6. The van der Waals surface area contributed by atoms with Gasteiger partial charge in [-0.1, -0.05) is 19.9 Å². The molecule has 1 aromatic heterocycles. The van der Waals surface area contributed by atoms with Crippen molar-refractivity contribution in [3.05, 3.63) is 23.9 Å². The summed E-state index contributed by atoms with van der Waals surface area (Å²) in [4.78, 5) is 7.10. The molecule has 20 heavy (non-hydrogen) atoms. The number of nitrogens with one attached hydrogen (secondary N) is 1. The number of ether oxygens (including phenoxy) is 1. The van der Waals surface area contributed by atoms with Gasteiger partial charge in [0.05, 0.1) is 12.8 Å². The van der Waals surface area contributed by atoms with Gasteiger partial charge in [0.25, 0.3) is 0 Å². The molecule has 1 aromatic rings. The summed E-state index contributed by atoms with van der Waals surface area (Å²) >= 11 is 0. The summed E-state index contributed by atoms with van der Waals surface area (Å²) in [6, 6.07) is 6.58. The Labute approximate surface area is 122 Å². The number of piperazine rings is 1. The van der Waals surface area contributed by atoms with E-state index in [2.05, 4.69) is 42.0 Å². The molecular weight excluding hydrogens is 250 g/mol. The van der Waals surface area contributed by atoms with E-state index in [1.165, 1.54) is 0 Å². The lowest BCUT2D eigenvalue weighted by Crippen LogP contribution is -2.62. The highest BCUT2D eigenvalue weighted by molar-refractivity contribution is 5.16. The van der Waals surface area contributed by atoms with Crippen LogP contribution in [0, 0.1) is 0 Å². The lowest BCUT2D eigenvalue weighted by Gasteiger charge is -2.45. The predicted molar refractivity (Wildman–Crippen MR) is 82.0 cm³/mol. The molecule has 1 saturated heterocycles. The Morgan fingerprint density at radius 2 is 2.25 bits per heavy atom. The van der Waals surface area contributed by atoms with E-state index < -0.39 is 0 Å². The minimum absolute atomic E-state index is 0.213. The molecule has 0 spiro atoms. The molecule has 0 radical (unpaired) electrons. The topological polar surface area (TPSA) is 37.4 Å². The van der Waals surface area contributed by atoms with Crippen LogP contribution in [-0.4, -0.2) is 41.7 Å². The van der Waals surface area contributed by atoms with Crippen molar-refractivity contribution in [2.75, 3.05) is 20.2 Å². The van der Waals surface area contributed by atoms with E-state index in [4.69, 9.17) is 4.74 Å². The molecule has 0 aliphatic carbocycles. The third-order valence-electron chi connectivity index (χ3n) is 4.44. The van der Waals surface area contributed by atoms with Crippen molar-refractivity contribution in [2.45, 2.75) is 51.7 Å². The summed E-state index contributed by atoms with van der Waals surface area (Å²) in [5.74, 6) is 0.698. The second kappa shape index (κ2) is 6.55. The Bertz CT molecular complexity index is 437. The van der Waals surface area contributed by atoms with Crippen LogP contribution in [0.5, 0.6) is 5.88 Å². The van der Waals surface area contributed by atoms with Crippen molar-refractivity contribution in [1.29, 1.82) is 0 Å². The first-order chi connectivity index (χ1) is 9.60. The summed E-state index contributed by atoms with van der Waals surface area (Å²) in [5, 5.41) is 3.70. The van der Waals surface area contributed by atoms with Crippen LogP contribution in [0.3, 0.4) is 0 Å². The summed E-state index contributed by atoms with van der Waals surface area (Å²) < 4.78 is 5.22. The fourth-order valence-corrected chi connectivity index (χ4v) is 2.82. The fraction of sp³-hybridized carbons (Fsp3) is 0.688. The highest BCUT2D eigenvalue weighted by Crippen LogP contribution is 2.22. The van der Waals surface area contributed by atoms with Crippen LogP contribution >= 0.6 is 0 Å². The summed E-state index contributed by atoms with van der Waals surface area (Å²) in [6.07, 6.45) is 2.31. The molecule has 1 aliphatic heterocycles. The molecule has 0 aromatic carbocycles. The molecule has 2 atom stereocenters. The second-order valence-corrected chi connectivity index (χ2v) is 5.93. The normalized spacial score (nSPS) is 27.5. The molecule has 2 rings (SSSR count). The van der Waals surface area contributed by atoms with Crippen LogP contribution in [0.2, 0.25) is 0 Å². The quantitative estimate of drug-likeness (QED) is 0.897. The third kappa shape index (κ3) is 3.49. The van der Waals surface area contributed by atoms with Crippen LogP contribution < -0.4 is 10.1 Å². The van der Waals surface area contributed by atoms with E-state index >= 15 is 0 Å². The largest absolute Gasteiger partial charge is 0.481 e. The number of hydrogen-bond acceptors (Lipinski definition) is 4. The average molecular weight is 277 g/mol. The number of pyridine rings is 1. The van der Waals surface area contributed by atoms with E-state index in [9.17, 15) is 0 Å². The van der Waals surface area contributed by atoms with E-state index in [0.29, 0.717) is 11.9 Å². The lowest BCUT2D eigenvalue weighted by atomic mass is 9.92. The van der Waals surface area contributed by atoms with E-state index in [0.717, 1.165) is 38.2 Å². The van der Waals surface area contributed by atoms with Crippen LogP contribution in [0.25, 0.3) is 0 Å². The van der Waals surface area contributed by atoms with Gasteiger partial charge in [0, 0.05) is 37.3 Å². The number of nitrogens with zero attached hydrogens (tertiary/aromatic N) is 2. The van der Waals surface area contributed by atoms with Crippen molar-refractivity contribution in [3.63, 3.8) is 0 Å². The molecule has 0 amide bonds. The molecule has 0 saturated carbocycles. The molecule has 2 unspecified atom stereocenters. The minimum atomic E-state index is 0.213. The molecule has 1 aliphatic rings. The van der Waals surface area contributed by atoms with Crippen molar-refractivity contribution in [2.24, 2.45) is 0 Å². The van der Waals surface area contributed by atoms with Gasteiger partial charge in [-0.2, -0.15) is 0 Å². The highest BCUT2D eigenvalue weighted by atomic mass is 16.5. The number of hydrogen-bond donors (Lipinski definition) is 1. The summed E-state index contributed by atoms with van der Waals surface area (Å²) in [7, 11) is 1.67. The van der Waals surface area contributed by atoms with Gasteiger partial charge in [0.1, 0.15) is 0 Å². The van der Waals surface area contributed by atoms with E-state index in [1.54, 1.807) is 7.11 Å². The standard InChI is InChI=1S/C16H27N3O/c1-5-14-10-17-16(3,6-2)12-19(14)11-13-8-7-9-15(18-13)20-4/h7-9,14,17H,5-6,10-12H2,1-4H3. The van der Waals surface area contributed by atoms with Crippen molar-refractivity contribution in [3.8, 4) is 5.88 Å². The smallest absolute Gasteiger partial charge is 0.213 e. The minimum Gasteiger partial charge on any atom is -0.481 e. The Morgan fingerprint density at radius 1 is 1.45 bits per heavy atom. The predicted octanol–water partition coefficient (Wildman–Crippen LogP) is 2.44. The van der Waals surface area contributed by atoms with Gasteiger partial charge >= 0.3 is 0 Å². The molecule has 2 heterocycles. The van der Waals surface area contributed by atoms with E-state index in [1.807, 2.05) is 12.1 Å². The SMILES string of the molecule is CCC1CNC(C)(CC)CN1Cc1cccc(OC)n1. The summed E-state index contributed by atoms with van der Waals surface area (Å²) in [5.41, 5.74) is 1.30. The molecule has 0 bridgehead atoms. The van der Waals surface area contributed by atoms with E-state index in [-0.39, 0.29) is 5.54 Å². The van der Waals surface area contributed by atoms with Crippen LogP contribution in [-0.2, 0) is 6.54 Å². The van der Waals surface area contributed by atoms with Crippen molar-refractivity contribution < 1.29 is 4.74 Å². The average Bonchev–Trinajstić information content (AvgIpc) is 2.48. The van der Waals surface area contributed by atoms with Gasteiger partial charge in [-0.15, -0.1) is 0 Å². The number of aromatic nitrogens is 1. The van der Waals surface area contributed by atoms with Crippen LogP contribution in [0.15, 0.2) is 18.2 Å². The third-order valence-corrected chi connectivity index (χ3v) is 4.44. The summed E-state index contributed by atoms with van der Waals surface area (Å²) in [6.45, 7) is 9.85. The maximum absolute atomic E-state index is 5.22. The van der Waals surface area contributed by atoms with Gasteiger partial charge in [-0.05, 0) is 25.8 Å². The van der Waals surface area contributed by atoms with Gasteiger partial charge in [0.15, 0.2) is 0 Å². The van der Waals surface area contributed by atoms with Gasteiger partial charge in [-0.25, -0.2) is 4.98 Å². The maximum atomic E-state index is 5.22. The zero-order valence-corrected chi connectivity index (χ0v) is 13.1. The van der Waals surface area contributed by atoms with Crippen LogP contribution in [0.1, 0.15) is 39.3 Å². The Kier molecular flexibility index (Phi) is 5.00. The first kappa shape index (κ1) is 15.3. The lowest BCUT2D eigenvalue weighted by molar-refractivity contribution is 0.0743. The van der Waals surface area contributed by atoms with Crippen LogP contribution in [0.4, 0.5) is 0 Å². The van der Waals surface area contributed by atoms with Gasteiger partial charge in [0.2, 0.25) is 5.88 Å². The molecule has 1 N–H and O–H groups in total. The number of rotatable bonds is 5. The Morgan fingerprint density at radius 3 is 2.90 bits per heavy atom. The molecule has 4 nitrogen and oxygen atoms in total. The fourth-order valence-electron chi connectivity index (χ4n) is 2.82. The molecule has 112 valence electrons. The monoisotopic (exact) mass is 277 g/mol. The van der Waals surface area contributed by atoms with Crippen molar-refractivity contribution in [1.82, 2.24) is 15.2 Å². The molecular formula is C16H27N3O. The first-order valence-electron chi connectivity index (χ1n) is 7.59. The molecule has 1 fully saturated rings. The zero-order valence-electron chi connectivity index (χ0n) is 13.1. The Hall–Kier alpha value is -1.13. The van der Waals surface area contributed by atoms with Crippen molar-refractivity contribution >= 4 is 0 Å². The maximum Gasteiger partial charge on any atom is 0.213 e. The highest BCUT2D eigenvalue weighted by Gasteiger charge is 2.33. The Balaban J connectivity index is 2.11. The van der Waals surface area contributed by atoms with Gasteiger partial charge in [-0.3, -0.25) is 4.90 Å². The second-order valence-electron chi connectivity index (χ2n) is 5.93. The first-order valence-corrected chi connectivity index (χ1v) is 7.59. The molecule has 4 heteroatoms.